The fourth-order valence-corrected chi connectivity index (χ4v) is 3.19. The van der Waals surface area contributed by atoms with Crippen molar-refractivity contribution in [3.8, 4) is 0 Å². The Balaban J connectivity index is 1.68. The Morgan fingerprint density at radius 3 is 2.81 bits per heavy atom. The van der Waals surface area contributed by atoms with Gasteiger partial charge in [0.25, 0.3) is 5.91 Å². The lowest BCUT2D eigenvalue weighted by molar-refractivity contribution is -0.141. The monoisotopic (exact) mass is 378 g/mol. The maximum absolute atomic E-state index is 12.9. The highest BCUT2D eigenvalue weighted by Gasteiger charge is 2.33. The van der Waals surface area contributed by atoms with Crippen molar-refractivity contribution in [1.82, 2.24) is 20.6 Å². The molecule has 0 spiro atoms. The predicted octanol–water partition coefficient (Wildman–Crippen LogP) is 3.20. The summed E-state index contributed by atoms with van der Waals surface area (Å²) in [6, 6.07) is 8.23. The molecule has 8 heteroatoms. The van der Waals surface area contributed by atoms with Crippen molar-refractivity contribution in [2.45, 2.75) is 38.4 Å². The van der Waals surface area contributed by atoms with Crippen molar-refractivity contribution in [1.29, 1.82) is 0 Å². The van der Waals surface area contributed by atoms with Gasteiger partial charge in [-0.15, -0.1) is 0 Å². The molecule has 1 atom stereocenters. The van der Waals surface area contributed by atoms with Crippen molar-refractivity contribution in [3.05, 3.63) is 58.7 Å². The van der Waals surface area contributed by atoms with Crippen LogP contribution < -0.4 is 10.6 Å². The molecule has 1 aromatic carbocycles. The van der Waals surface area contributed by atoms with E-state index in [-0.39, 0.29) is 24.0 Å². The van der Waals surface area contributed by atoms with Gasteiger partial charge in [0.2, 0.25) is 0 Å². The zero-order valence-electron chi connectivity index (χ0n) is 14.9. The molecule has 2 N–H and O–H groups in total. The summed E-state index contributed by atoms with van der Waals surface area (Å²) < 4.78 is 38.6. The number of aromatic nitrogens is 2. The number of carbonyl (C=O) groups is 1. The summed E-state index contributed by atoms with van der Waals surface area (Å²) in [7, 11) is 0. The first-order chi connectivity index (χ1) is 12.8. The van der Waals surface area contributed by atoms with E-state index in [1.54, 1.807) is 6.07 Å². The fraction of sp³-hybridized carbons (Fsp3) is 0.421. The van der Waals surface area contributed by atoms with E-state index < -0.39 is 11.9 Å². The van der Waals surface area contributed by atoms with Crippen LogP contribution in [0, 0.1) is 6.92 Å². The summed E-state index contributed by atoms with van der Waals surface area (Å²) in [6.45, 7) is 3.18. The zero-order chi connectivity index (χ0) is 19.4. The van der Waals surface area contributed by atoms with Crippen LogP contribution in [0.2, 0.25) is 0 Å². The zero-order valence-corrected chi connectivity index (χ0v) is 14.9. The molecule has 2 heterocycles. The van der Waals surface area contributed by atoms with Gasteiger partial charge in [0.15, 0.2) is 0 Å². The van der Waals surface area contributed by atoms with Crippen molar-refractivity contribution >= 4 is 5.91 Å². The summed E-state index contributed by atoms with van der Waals surface area (Å²) in [4.78, 5) is 19.9. The van der Waals surface area contributed by atoms with Crippen LogP contribution in [0.25, 0.3) is 0 Å². The summed E-state index contributed by atoms with van der Waals surface area (Å²) in [5.74, 6) is -0.0662. The number of nitrogens with one attached hydrogen (secondary N) is 2. The van der Waals surface area contributed by atoms with Gasteiger partial charge < -0.3 is 10.6 Å². The SMILES string of the molecule is Cc1cc(C(F)(F)F)nc(CNC(=O)c2cccc(C3CCCNC3)c2)n1. The maximum Gasteiger partial charge on any atom is 0.433 e. The number of halogens is 3. The molecule has 1 aliphatic rings. The molecule has 3 rings (SSSR count). The van der Waals surface area contributed by atoms with E-state index in [4.69, 9.17) is 0 Å². The number of hydrogen-bond acceptors (Lipinski definition) is 4. The van der Waals surface area contributed by atoms with Gasteiger partial charge in [-0.05, 0) is 56.0 Å². The Hall–Kier alpha value is -2.48. The smallest absolute Gasteiger partial charge is 0.345 e. The number of nitrogens with zero attached hydrogens (tertiary/aromatic N) is 2. The standard InChI is InChI=1S/C19H21F3N4O/c1-12-8-16(19(20,21)22)26-17(25-12)11-24-18(27)14-5-2-4-13(9-14)15-6-3-7-23-10-15/h2,4-5,8-9,15,23H,3,6-7,10-11H2,1H3,(H,24,27). The van der Waals surface area contributed by atoms with Gasteiger partial charge in [0.1, 0.15) is 11.5 Å². The Morgan fingerprint density at radius 1 is 1.30 bits per heavy atom. The highest BCUT2D eigenvalue weighted by atomic mass is 19.4. The third-order valence-electron chi connectivity index (χ3n) is 4.52. The van der Waals surface area contributed by atoms with Crippen LogP contribution in [0.15, 0.2) is 30.3 Å². The fourth-order valence-electron chi connectivity index (χ4n) is 3.19. The maximum atomic E-state index is 12.9. The normalized spacial score (nSPS) is 17.6. The van der Waals surface area contributed by atoms with Crippen LogP contribution in [0.3, 0.4) is 0 Å². The first kappa shape index (κ1) is 19.3. The number of carbonyl (C=O) groups excluding carboxylic acids is 1. The minimum absolute atomic E-state index is 0.0664. The highest BCUT2D eigenvalue weighted by molar-refractivity contribution is 5.94. The molecule has 2 aromatic rings. The van der Waals surface area contributed by atoms with Crippen molar-refractivity contribution in [3.63, 3.8) is 0 Å². The summed E-state index contributed by atoms with van der Waals surface area (Å²) in [6.07, 6.45) is -2.39. The first-order valence-electron chi connectivity index (χ1n) is 8.83. The molecule has 1 amide bonds. The third-order valence-corrected chi connectivity index (χ3v) is 4.52. The molecule has 1 unspecified atom stereocenters. The second-order valence-electron chi connectivity index (χ2n) is 6.66. The number of benzene rings is 1. The van der Waals surface area contributed by atoms with Gasteiger partial charge in [-0.3, -0.25) is 4.79 Å². The van der Waals surface area contributed by atoms with Crippen LogP contribution in [0.5, 0.6) is 0 Å². The van der Waals surface area contributed by atoms with Crippen LogP contribution >= 0.6 is 0 Å². The molecular formula is C19H21F3N4O. The second-order valence-corrected chi connectivity index (χ2v) is 6.66. The van der Waals surface area contributed by atoms with Gasteiger partial charge in [-0.25, -0.2) is 9.97 Å². The van der Waals surface area contributed by atoms with E-state index in [0.717, 1.165) is 37.6 Å². The van der Waals surface area contributed by atoms with Crippen LogP contribution in [0.1, 0.15) is 51.9 Å². The second kappa shape index (κ2) is 8.04. The molecule has 1 fully saturated rings. The van der Waals surface area contributed by atoms with Crippen molar-refractivity contribution in [2.75, 3.05) is 13.1 Å². The Kier molecular flexibility index (Phi) is 5.74. The molecule has 1 saturated heterocycles. The molecule has 1 aromatic heterocycles. The number of amides is 1. The van der Waals surface area contributed by atoms with Gasteiger partial charge in [-0.2, -0.15) is 13.2 Å². The lowest BCUT2D eigenvalue weighted by Crippen LogP contribution is -2.29. The van der Waals surface area contributed by atoms with Crippen LogP contribution in [0.4, 0.5) is 13.2 Å². The Morgan fingerprint density at radius 2 is 2.11 bits per heavy atom. The lowest BCUT2D eigenvalue weighted by atomic mass is 9.90. The van der Waals surface area contributed by atoms with Gasteiger partial charge in [0.05, 0.1) is 6.54 Å². The van der Waals surface area contributed by atoms with E-state index >= 15 is 0 Å². The summed E-state index contributed by atoms with van der Waals surface area (Å²) >= 11 is 0. The first-order valence-corrected chi connectivity index (χ1v) is 8.83. The molecule has 144 valence electrons. The van der Waals surface area contributed by atoms with Crippen LogP contribution in [-0.4, -0.2) is 29.0 Å². The number of piperidine rings is 1. The summed E-state index contributed by atoms with van der Waals surface area (Å²) in [5.41, 5.74) is 0.752. The molecule has 1 aliphatic heterocycles. The lowest BCUT2D eigenvalue weighted by Gasteiger charge is -2.23. The average Bonchev–Trinajstić information content (AvgIpc) is 2.66. The third kappa shape index (κ3) is 5.03. The molecule has 0 bridgehead atoms. The molecule has 0 aliphatic carbocycles. The number of rotatable bonds is 4. The van der Waals surface area contributed by atoms with E-state index in [2.05, 4.69) is 20.6 Å². The largest absolute Gasteiger partial charge is 0.433 e. The summed E-state index contributed by atoms with van der Waals surface area (Å²) in [5, 5.41) is 5.95. The number of alkyl halides is 3. The van der Waals surface area contributed by atoms with Gasteiger partial charge in [0, 0.05) is 17.8 Å². The molecule has 0 saturated carbocycles. The Labute approximate surface area is 155 Å². The van der Waals surface area contributed by atoms with Gasteiger partial charge >= 0.3 is 6.18 Å². The van der Waals surface area contributed by atoms with Crippen molar-refractivity contribution in [2.24, 2.45) is 0 Å². The Bertz CT molecular complexity index is 817. The van der Waals surface area contributed by atoms with Crippen molar-refractivity contribution < 1.29 is 18.0 Å². The molecule has 5 nitrogen and oxygen atoms in total. The molecule has 27 heavy (non-hydrogen) atoms. The predicted molar refractivity (Wildman–Crippen MR) is 94.2 cm³/mol. The minimum atomic E-state index is -4.55. The van der Waals surface area contributed by atoms with E-state index in [0.29, 0.717) is 11.5 Å². The molecule has 0 radical (unpaired) electrons. The quantitative estimate of drug-likeness (QED) is 0.858. The van der Waals surface area contributed by atoms with E-state index in [1.807, 2.05) is 18.2 Å². The van der Waals surface area contributed by atoms with Gasteiger partial charge in [-0.1, -0.05) is 12.1 Å². The number of hydrogen-bond donors (Lipinski definition) is 2. The van der Waals surface area contributed by atoms with E-state index in [1.165, 1.54) is 6.92 Å². The molecular weight excluding hydrogens is 357 g/mol. The highest BCUT2D eigenvalue weighted by Crippen LogP contribution is 2.28. The minimum Gasteiger partial charge on any atom is -0.345 e. The topological polar surface area (TPSA) is 66.9 Å². The average molecular weight is 378 g/mol. The number of aryl methyl sites for hydroxylation is 1. The van der Waals surface area contributed by atoms with E-state index in [9.17, 15) is 18.0 Å². The van der Waals surface area contributed by atoms with Crippen LogP contribution in [-0.2, 0) is 12.7 Å².